The number of nitrogens with one attached hydrogen (secondary N) is 1. The lowest BCUT2D eigenvalue weighted by molar-refractivity contribution is 0.0706. The first-order chi connectivity index (χ1) is 18.8. The van der Waals surface area contributed by atoms with Crippen molar-refractivity contribution in [1.82, 2.24) is 19.4 Å². The number of fused-ring (bicyclic) bond motifs is 1. The Morgan fingerprint density at radius 2 is 1.82 bits per heavy atom. The van der Waals surface area contributed by atoms with Gasteiger partial charge in [0, 0.05) is 29.7 Å². The zero-order valence-electron chi connectivity index (χ0n) is 21.4. The van der Waals surface area contributed by atoms with Crippen LogP contribution < -0.4 is 15.7 Å². The van der Waals surface area contributed by atoms with Gasteiger partial charge in [0.1, 0.15) is 11.4 Å². The molecular formula is C29H26BrClN4O4. The molecule has 4 aromatic rings. The number of amides is 2. The summed E-state index contributed by atoms with van der Waals surface area (Å²) in [6.45, 7) is 2.91. The Morgan fingerprint density at radius 3 is 2.51 bits per heavy atom. The summed E-state index contributed by atoms with van der Waals surface area (Å²) < 4.78 is 8.98. The van der Waals surface area contributed by atoms with Crippen LogP contribution in [0.4, 0.5) is 0 Å². The number of benzene rings is 3. The molecule has 39 heavy (non-hydrogen) atoms. The van der Waals surface area contributed by atoms with Crippen LogP contribution in [0.1, 0.15) is 37.7 Å². The highest BCUT2D eigenvalue weighted by atomic mass is 79.9. The highest BCUT2D eigenvalue weighted by Crippen LogP contribution is 2.26. The Labute approximate surface area is 238 Å². The second kappa shape index (κ2) is 11.1. The molecule has 0 bridgehead atoms. The SMILES string of the molecule is COc1ccc(CNC(=O)c2c3n(c(=O)n2-c2ccccc2)CCN(C(=O)c2ccc(Br)c(Cl)c2)C3)c(C)c1. The molecule has 0 radical (unpaired) electrons. The van der Waals surface area contributed by atoms with Gasteiger partial charge in [0.2, 0.25) is 0 Å². The van der Waals surface area contributed by atoms with E-state index in [1.54, 1.807) is 46.9 Å². The van der Waals surface area contributed by atoms with E-state index in [9.17, 15) is 14.4 Å². The van der Waals surface area contributed by atoms with Crippen LogP contribution in [0.3, 0.4) is 0 Å². The number of hydrogen-bond acceptors (Lipinski definition) is 4. The molecule has 0 unspecified atom stereocenters. The highest BCUT2D eigenvalue weighted by Gasteiger charge is 2.32. The van der Waals surface area contributed by atoms with Crippen molar-refractivity contribution in [3.05, 3.63) is 115 Å². The number of carbonyl (C=O) groups excluding carboxylic acids is 2. The van der Waals surface area contributed by atoms with Crippen molar-refractivity contribution in [1.29, 1.82) is 0 Å². The summed E-state index contributed by atoms with van der Waals surface area (Å²) in [5.41, 5.74) is 3.28. The standard InChI is InChI=1S/C29H26BrClN4O4/c1-18-14-22(39-2)10-8-20(18)16-32-27(36)26-25-17-33(28(37)19-9-11-23(30)24(31)15-19)12-13-34(25)29(38)35(26)21-6-4-3-5-7-21/h3-11,14-15H,12-13,16-17H2,1-2H3,(H,32,36). The molecule has 8 nitrogen and oxygen atoms in total. The molecule has 0 fully saturated rings. The summed E-state index contributed by atoms with van der Waals surface area (Å²) in [6, 6.07) is 19.7. The maximum absolute atomic E-state index is 13.7. The summed E-state index contributed by atoms with van der Waals surface area (Å²) in [5, 5.41) is 3.41. The molecule has 1 aliphatic heterocycles. The van der Waals surface area contributed by atoms with Crippen LogP contribution in [0.2, 0.25) is 5.02 Å². The second-order valence-corrected chi connectivity index (χ2v) is 10.5. The first-order valence-corrected chi connectivity index (χ1v) is 13.5. The van der Waals surface area contributed by atoms with Crippen molar-refractivity contribution >= 4 is 39.3 Å². The molecule has 200 valence electrons. The zero-order chi connectivity index (χ0) is 27.7. The van der Waals surface area contributed by atoms with Crippen molar-refractivity contribution in [2.45, 2.75) is 26.6 Å². The molecule has 1 aliphatic rings. The van der Waals surface area contributed by atoms with E-state index in [4.69, 9.17) is 16.3 Å². The van der Waals surface area contributed by atoms with Crippen molar-refractivity contribution in [2.24, 2.45) is 0 Å². The largest absolute Gasteiger partial charge is 0.497 e. The van der Waals surface area contributed by atoms with Gasteiger partial charge in [-0.25, -0.2) is 4.79 Å². The highest BCUT2D eigenvalue weighted by molar-refractivity contribution is 9.10. The Kier molecular flexibility index (Phi) is 7.63. The van der Waals surface area contributed by atoms with Gasteiger partial charge in [-0.2, -0.15) is 0 Å². The first-order valence-electron chi connectivity index (χ1n) is 12.3. The maximum atomic E-state index is 13.7. The smallest absolute Gasteiger partial charge is 0.333 e. The fourth-order valence-electron chi connectivity index (χ4n) is 4.75. The van der Waals surface area contributed by atoms with Gasteiger partial charge in [0.15, 0.2) is 0 Å². The van der Waals surface area contributed by atoms with Gasteiger partial charge in [-0.1, -0.05) is 35.9 Å². The molecule has 0 spiro atoms. The van der Waals surface area contributed by atoms with E-state index in [0.29, 0.717) is 33.0 Å². The van der Waals surface area contributed by atoms with Crippen LogP contribution >= 0.6 is 27.5 Å². The average molecular weight is 610 g/mol. The monoisotopic (exact) mass is 608 g/mol. The number of ether oxygens (including phenoxy) is 1. The lowest BCUT2D eigenvalue weighted by Crippen LogP contribution is -2.41. The number of nitrogens with zero attached hydrogens (tertiary/aromatic N) is 3. The number of carbonyl (C=O) groups is 2. The number of aryl methyl sites for hydroxylation is 1. The average Bonchev–Trinajstić information content (AvgIpc) is 3.25. The number of rotatable bonds is 6. The van der Waals surface area contributed by atoms with E-state index in [0.717, 1.165) is 16.9 Å². The molecule has 3 aromatic carbocycles. The van der Waals surface area contributed by atoms with Crippen LogP contribution in [-0.2, 0) is 19.6 Å². The predicted molar refractivity (Wildman–Crippen MR) is 153 cm³/mol. The third kappa shape index (κ3) is 5.24. The molecule has 5 rings (SSSR count). The fraction of sp³-hybridized carbons (Fsp3) is 0.207. The fourth-order valence-corrected chi connectivity index (χ4v) is 5.17. The van der Waals surface area contributed by atoms with E-state index in [-0.39, 0.29) is 36.9 Å². The maximum Gasteiger partial charge on any atom is 0.333 e. The zero-order valence-corrected chi connectivity index (χ0v) is 23.8. The molecule has 2 heterocycles. The topological polar surface area (TPSA) is 85.6 Å². The van der Waals surface area contributed by atoms with E-state index < -0.39 is 5.91 Å². The number of halogens is 2. The van der Waals surface area contributed by atoms with Gasteiger partial charge >= 0.3 is 5.69 Å². The third-order valence-corrected chi connectivity index (χ3v) is 8.08. The van der Waals surface area contributed by atoms with E-state index >= 15 is 0 Å². The summed E-state index contributed by atoms with van der Waals surface area (Å²) >= 11 is 9.57. The molecule has 0 saturated carbocycles. The molecule has 0 saturated heterocycles. The van der Waals surface area contributed by atoms with E-state index in [2.05, 4.69) is 21.2 Å². The van der Waals surface area contributed by atoms with E-state index in [1.807, 2.05) is 43.3 Å². The number of methoxy groups -OCH3 is 1. The number of aromatic nitrogens is 2. The van der Waals surface area contributed by atoms with Crippen molar-refractivity contribution in [3.8, 4) is 11.4 Å². The Morgan fingerprint density at radius 1 is 1.05 bits per heavy atom. The second-order valence-electron chi connectivity index (χ2n) is 9.23. The minimum atomic E-state index is -0.402. The number of imidazole rings is 1. The van der Waals surface area contributed by atoms with Crippen LogP contribution in [0.25, 0.3) is 5.69 Å². The molecule has 0 atom stereocenters. The van der Waals surface area contributed by atoms with Crippen LogP contribution in [0, 0.1) is 6.92 Å². The Bertz CT molecular complexity index is 1630. The van der Waals surface area contributed by atoms with Crippen molar-refractivity contribution in [3.63, 3.8) is 0 Å². The molecular weight excluding hydrogens is 584 g/mol. The quantitative estimate of drug-likeness (QED) is 0.335. The lowest BCUT2D eigenvalue weighted by Gasteiger charge is -2.28. The predicted octanol–water partition coefficient (Wildman–Crippen LogP) is 4.96. The van der Waals surface area contributed by atoms with Gasteiger partial charge in [-0.3, -0.25) is 18.7 Å². The van der Waals surface area contributed by atoms with Crippen LogP contribution in [0.5, 0.6) is 5.75 Å². The molecule has 10 heteroatoms. The summed E-state index contributed by atoms with van der Waals surface area (Å²) in [4.78, 5) is 42.3. The Hall–Kier alpha value is -3.82. The molecule has 0 aliphatic carbocycles. The van der Waals surface area contributed by atoms with Crippen LogP contribution in [-0.4, -0.2) is 39.5 Å². The van der Waals surface area contributed by atoms with Crippen molar-refractivity contribution in [2.75, 3.05) is 13.7 Å². The van der Waals surface area contributed by atoms with E-state index in [1.165, 1.54) is 4.57 Å². The van der Waals surface area contributed by atoms with Gasteiger partial charge < -0.3 is 15.0 Å². The third-order valence-electron chi connectivity index (χ3n) is 6.85. The lowest BCUT2D eigenvalue weighted by atomic mass is 10.1. The Balaban J connectivity index is 1.50. The normalized spacial score (nSPS) is 12.7. The first kappa shape index (κ1) is 26.8. The molecule has 1 aromatic heterocycles. The minimum absolute atomic E-state index is 0.103. The van der Waals surface area contributed by atoms with Gasteiger partial charge in [0.05, 0.1) is 30.1 Å². The number of hydrogen-bond donors (Lipinski definition) is 1. The van der Waals surface area contributed by atoms with Gasteiger partial charge in [-0.15, -0.1) is 0 Å². The summed E-state index contributed by atoms with van der Waals surface area (Å²) in [7, 11) is 1.61. The minimum Gasteiger partial charge on any atom is -0.497 e. The van der Waals surface area contributed by atoms with Gasteiger partial charge in [0.25, 0.3) is 11.8 Å². The van der Waals surface area contributed by atoms with Crippen LogP contribution in [0.15, 0.2) is 76.0 Å². The summed E-state index contributed by atoms with van der Waals surface area (Å²) in [5.74, 6) is 0.107. The molecule has 2 amide bonds. The van der Waals surface area contributed by atoms with Gasteiger partial charge in [-0.05, 0) is 76.4 Å². The summed E-state index contributed by atoms with van der Waals surface area (Å²) in [6.07, 6.45) is 0. The molecule has 1 N–H and O–H groups in total. The van der Waals surface area contributed by atoms with Crippen molar-refractivity contribution < 1.29 is 14.3 Å². The number of para-hydroxylation sites is 1.